The summed E-state index contributed by atoms with van der Waals surface area (Å²) in [6.07, 6.45) is 4.58. The van der Waals surface area contributed by atoms with Gasteiger partial charge in [0.25, 0.3) is 0 Å². The molecule has 0 bridgehead atoms. The minimum absolute atomic E-state index is 0.00551. The molecule has 0 spiro atoms. The highest BCUT2D eigenvalue weighted by atomic mass is 16.1. The molecule has 154 valence electrons. The minimum Gasteiger partial charge on any atom is -0.357 e. The molecule has 0 radical (unpaired) electrons. The fraction of sp³-hybridized carbons (Fsp3) is 0.308. The molecule has 1 aliphatic rings. The summed E-state index contributed by atoms with van der Waals surface area (Å²) in [4.78, 5) is 19.8. The first-order valence-corrected chi connectivity index (χ1v) is 10.8. The molecule has 4 rings (SSSR count). The van der Waals surface area contributed by atoms with Crippen LogP contribution in [0.15, 0.2) is 79.0 Å². The zero-order chi connectivity index (χ0) is 20.8. The first kappa shape index (κ1) is 20.1. The highest BCUT2D eigenvalue weighted by Crippen LogP contribution is 2.28. The highest BCUT2D eigenvalue weighted by molar-refractivity contribution is 5.91. The second-order valence-corrected chi connectivity index (χ2v) is 8.20. The molecule has 30 heavy (non-hydrogen) atoms. The Bertz CT molecular complexity index is 894. The maximum atomic E-state index is 12.8. The van der Waals surface area contributed by atoms with E-state index in [0.717, 1.165) is 41.6 Å². The van der Waals surface area contributed by atoms with Gasteiger partial charge in [0.05, 0.1) is 11.9 Å². The van der Waals surface area contributed by atoms with E-state index < -0.39 is 0 Å². The lowest BCUT2D eigenvalue weighted by Gasteiger charge is -2.31. The molecule has 2 aromatic carbocycles. The van der Waals surface area contributed by atoms with Gasteiger partial charge in [-0.25, -0.2) is 4.98 Å². The van der Waals surface area contributed by atoms with Crippen LogP contribution < -0.4 is 10.2 Å². The zero-order valence-corrected chi connectivity index (χ0v) is 17.5. The molecule has 1 fully saturated rings. The lowest BCUT2D eigenvalue weighted by molar-refractivity contribution is -0.116. The second kappa shape index (κ2) is 9.57. The standard InChI is InChI=1S/C26H29N3O/c1-20-14-16-29(17-15-20)25-13-12-23(19-27-25)28-26(30)18-24(21-8-4-2-5-9-21)22-10-6-3-7-11-22/h2-13,19-20,24H,14-18H2,1H3,(H,28,30). The molecule has 1 aliphatic heterocycles. The van der Waals surface area contributed by atoms with Crippen molar-refractivity contribution in [3.05, 3.63) is 90.1 Å². The zero-order valence-electron chi connectivity index (χ0n) is 17.5. The summed E-state index contributed by atoms with van der Waals surface area (Å²) in [6, 6.07) is 24.4. The Labute approximate surface area is 179 Å². The van der Waals surface area contributed by atoms with Crippen molar-refractivity contribution < 1.29 is 4.79 Å². The summed E-state index contributed by atoms with van der Waals surface area (Å²) in [5.74, 6) is 1.80. The Kier molecular flexibility index (Phi) is 6.43. The van der Waals surface area contributed by atoms with E-state index in [1.54, 1.807) is 6.20 Å². The number of carbonyl (C=O) groups excluding carboxylic acids is 1. The third-order valence-electron chi connectivity index (χ3n) is 5.93. The summed E-state index contributed by atoms with van der Waals surface area (Å²) in [5, 5.41) is 3.03. The summed E-state index contributed by atoms with van der Waals surface area (Å²) in [6.45, 7) is 4.41. The second-order valence-electron chi connectivity index (χ2n) is 8.20. The highest BCUT2D eigenvalue weighted by Gasteiger charge is 2.19. The number of hydrogen-bond donors (Lipinski definition) is 1. The Balaban J connectivity index is 1.42. The van der Waals surface area contributed by atoms with Gasteiger partial charge in [0.1, 0.15) is 5.82 Å². The molecule has 4 nitrogen and oxygen atoms in total. The molecule has 0 unspecified atom stereocenters. The number of benzene rings is 2. The van der Waals surface area contributed by atoms with Gasteiger partial charge in [0.15, 0.2) is 0 Å². The average molecular weight is 400 g/mol. The van der Waals surface area contributed by atoms with Crippen LogP contribution in [-0.4, -0.2) is 24.0 Å². The number of pyridine rings is 1. The van der Waals surface area contributed by atoms with Crippen molar-refractivity contribution in [2.75, 3.05) is 23.3 Å². The first-order chi connectivity index (χ1) is 14.7. The summed E-state index contributed by atoms with van der Waals surface area (Å²) < 4.78 is 0. The van der Waals surface area contributed by atoms with Gasteiger partial charge in [-0.15, -0.1) is 0 Å². The third-order valence-corrected chi connectivity index (χ3v) is 5.93. The first-order valence-electron chi connectivity index (χ1n) is 10.8. The van der Waals surface area contributed by atoms with E-state index in [2.05, 4.69) is 46.4 Å². The van der Waals surface area contributed by atoms with Crippen LogP contribution in [0.5, 0.6) is 0 Å². The number of carbonyl (C=O) groups is 1. The number of nitrogens with one attached hydrogen (secondary N) is 1. The number of amides is 1. The molecule has 1 aromatic heterocycles. The molecule has 0 atom stereocenters. The number of anilines is 2. The van der Waals surface area contributed by atoms with Crippen molar-refractivity contribution in [3.8, 4) is 0 Å². The number of piperidine rings is 1. The monoisotopic (exact) mass is 399 g/mol. The molecule has 1 N–H and O–H groups in total. The summed E-state index contributed by atoms with van der Waals surface area (Å²) in [7, 11) is 0. The molecule has 2 heterocycles. The van der Waals surface area contributed by atoms with Crippen molar-refractivity contribution in [2.45, 2.75) is 32.1 Å². The lowest BCUT2D eigenvalue weighted by atomic mass is 9.88. The van der Waals surface area contributed by atoms with Crippen LogP contribution in [0.2, 0.25) is 0 Å². The van der Waals surface area contributed by atoms with Gasteiger partial charge in [-0.2, -0.15) is 0 Å². The number of hydrogen-bond acceptors (Lipinski definition) is 3. The SMILES string of the molecule is CC1CCN(c2ccc(NC(=O)CC(c3ccccc3)c3ccccc3)cn2)CC1. The van der Waals surface area contributed by atoms with E-state index in [9.17, 15) is 4.79 Å². The largest absolute Gasteiger partial charge is 0.357 e. The molecule has 1 amide bonds. The molecule has 4 heteroatoms. The van der Waals surface area contributed by atoms with Crippen LogP contribution in [0.25, 0.3) is 0 Å². The quantitative estimate of drug-likeness (QED) is 0.597. The van der Waals surface area contributed by atoms with E-state index in [1.807, 2.05) is 48.5 Å². The topological polar surface area (TPSA) is 45.2 Å². The van der Waals surface area contributed by atoms with Gasteiger partial charge >= 0.3 is 0 Å². The molecular formula is C26H29N3O. The van der Waals surface area contributed by atoms with Crippen LogP contribution in [0, 0.1) is 5.92 Å². The molecule has 1 saturated heterocycles. The van der Waals surface area contributed by atoms with Crippen molar-refractivity contribution >= 4 is 17.4 Å². The van der Waals surface area contributed by atoms with Crippen molar-refractivity contribution in [1.82, 2.24) is 4.98 Å². The van der Waals surface area contributed by atoms with E-state index in [-0.39, 0.29) is 11.8 Å². The number of aromatic nitrogens is 1. The molecule has 3 aromatic rings. The number of rotatable bonds is 6. The Morgan fingerprint density at radius 2 is 1.57 bits per heavy atom. The van der Waals surface area contributed by atoms with Gasteiger partial charge < -0.3 is 10.2 Å². The third kappa shape index (κ3) is 5.07. The van der Waals surface area contributed by atoms with E-state index >= 15 is 0 Å². The van der Waals surface area contributed by atoms with Crippen LogP contribution in [0.3, 0.4) is 0 Å². The predicted molar refractivity (Wildman–Crippen MR) is 123 cm³/mol. The van der Waals surface area contributed by atoms with Gasteiger partial charge in [0, 0.05) is 25.4 Å². The van der Waals surface area contributed by atoms with E-state index in [1.165, 1.54) is 12.8 Å². The van der Waals surface area contributed by atoms with Crippen LogP contribution in [0.1, 0.15) is 43.2 Å². The average Bonchev–Trinajstić information content (AvgIpc) is 2.80. The van der Waals surface area contributed by atoms with E-state index in [0.29, 0.717) is 6.42 Å². The summed E-state index contributed by atoms with van der Waals surface area (Å²) in [5.41, 5.74) is 3.03. The molecule has 0 saturated carbocycles. The Morgan fingerprint density at radius 3 is 2.10 bits per heavy atom. The van der Waals surface area contributed by atoms with Crippen molar-refractivity contribution in [3.63, 3.8) is 0 Å². The van der Waals surface area contributed by atoms with Gasteiger partial charge in [0.2, 0.25) is 5.91 Å². The van der Waals surface area contributed by atoms with Gasteiger partial charge in [-0.3, -0.25) is 4.79 Å². The molecule has 0 aliphatic carbocycles. The minimum atomic E-state index is -0.00551. The fourth-order valence-corrected chi connectivity index (χ4v) is 4.08. The van der Waals surface area contributed by atoms with Crippen LogP contribution >= 0.6 is 0 Å². The van der Waals surface area contributed by atoms with Crippen molar-refractivity contribution in [1.29, 1.82) is 0 Å². The fourth-order valence-electron chi connectivity index (χ4n) is 4.08. The maximum absolute atomic E-state index is 12.8. The number of nitrogens with zero attached hydrogens (tertiary/aromatic N) is 2. The van der Waals surface area contributed by atoms with Crippen LogP contribution in [-0.2, 0) is 4.79 Å². The smallest absolute Gasteiger partial charge is 0.225 e. The predicted octanol–water partition coefficient (Wildman–Crippen LogP) is 5.48. The summed E-state index contributed by atoms with van der Waals surface area (Å²) >= 11 is 0. The Morgan fingerprint density at radius 1 is 0.967 bits per heavy atom. The Hall–Kier alpha value is -3.14. The van der Waals surface area contributed by atoms with Crippen molar-refractivity contribution in [2.24, 2.45) is 5.92 Å². The van der Waals surface area contributed by atoms with E-state index in [4.69, 9.17) is 0 Å². The van der Waals surface area contributed by atoms with Gasteiger partial charge in [-0.1, -0.05) is 67.6 Å². The van der Waals surface area contributed by atoms with Gasteiger partial charge in [-0.05, 0) is 42.0 Å². The van der Waals surface area contributed by atoms with Crippen LogP contribution in [0.4, 0.5) is 11.5 Å². The lowest BCUT2D eigenvalue weighted by Crippen LogP contribution is -2.33. The normalized spacial score (nSPS) is 14.7. The maximum Gasteiger partial charge on any atom is 0.225 e. The molecular weight excluding hydrogens is 370 g/mol.